The second-order valence-corrected chi connectivity index (χ2v) is 6.05. The number of aliphatic hydroxyl groups is 1. The van der Waals surface area contributed by atoms with Gasteiger partial charge in [0.05, 0.1) is 6.61 Å². The lowest BCUT2D eigenvalue weighted by atomic mass is 10.2. The van der Waals surface area contributed by atoms with Crippen molar-refractivity contribution in [2.24, 2.45) is 0 Å². The number of thioether (sulfide) groups is 1. The third-order valence-corrected chi connectivity index (χ3v) is 4.32. The van der Waals surface area contributed by atoms with Crippen LogP contribution in [0.25, 0.3) is 0 Å². The average Bonchev–Trinajstić information content (AvgIpc) is 2.30. The predicted molar refractivity (Wildman–Crippen MR) is 80.5 cm³/mol. The molecular formula is C12H16INO2S. The molecule has 1 amide bonds. The molecule has 1 rings (SSSR count). The predicted octanol–water partition coefficient (Wildman–Crippen LogP) is 2.13. The van der Waals surface area contributed by atoms with Crippen LogP contribution in [0.5, 0.6) is 0 Å². The fourth-order valence-electron chi connectivity index (χ4n) is 1.45. The molecule has 17 heavy (non-hydrogen) atoms. The number of nitrogens with one attached hydrogen (secondary N) is 1. The van der Waals surface area contributed by atoms with Crippen molar-refractivity contribution in [2.45, 2.75) is 18.2 Å². The van der Waals surface area contributed by atoms with E-state index in [0.29, 0.717) is 5.56 Å². The molecule has 0 aliphatic rings. The first-order valence-electron chi connectivity index (χ1n) is 5.28. The quantitative estimate of drug-likeness (QED) is 0.787. The van der Waals surface area contributed by atoms with Gasteiger partial charge in [-0.15, -0.1) is 0 Å². The number of halogens is 1. The van der Waals surface area contributed by atoms with Gasteiger partial charge >= 0.3 is 0 Å². The van der Waals surface area contributed by atoms with E-state index in [1.165, 1.54) is 0 Å². The van der Waals surface area contributed by atoms with Gasteiger partial charge in [0.1, 0.15) is 0 Å². The lowest BCUT2D eigenvalue weighted by molar-refractivity contribution is 0.0936. The van der Waals surface area contributed by atoms with Crippen molar-refractivity contribution >= 4 is 40.3 Å². The Bertz CT molecular complexity index is 383. The molecule has 0 saturated carbocycles. The number of hydrogen-bond acceptors (Lipinski definition) is 3. The van der Waals surface area contributed by atoms with E-state index in [-0.39, 0.29) is 23.8 Å². The molecule has 0 radical (unpaired) electrons. The van der Waals surface area contributed by atoms with E-state index >= 15 is 0 Å². The van der Waals surface area contributed by atoms with Crippen LogP contribution in [0.1, 0.15) is 17.3 Å². The molecule has 0 spiro atoms. The number of carbonyl (C=O) groups excluding carboxylic acids is 1. The lowest BCUT2D eigenvalue weighted by Crippen LogP contribution is -2.41. The van der Waals surface area contributed by atoms with Crippen LogP contribution in [0.4, 0.5) is 0 Å². The number of benzene rings is 1. The SMILES string of the molecule is CS[C@H](CO)[C@@H](C)NC(=O)c1cccc(I)c1. The molecule has 1 aromatic carbocycles. The summed E-state index contributed by atoms with van der Waals surface area (Å²) in [5, 5.41) is 12.1. The van der Waals surface area contributed by atoms with Crippen molar-refractivity contribution in [3.8, 4) is 0 Å². The van der Waals surface area contributed by atoms with Crippen LogP contribution >= 0.6 is 34.4 Å². The fourth-order valence-corrected chi connectivity index (χ4v) is 2.62. The molecule has 0 heterocycles. The molecule has 0 fully saturated rings. The van der Waals surface area contributed by atoms with Crippen LogP contribution in [0.15, 0.2) is 24.3 Å². The zero-order chi connectivity index (χ0) is 12.8. The Kier molecular flexibility index (Phi) is 6.29. The molecule has 0 aliphatic carbocycles. The third kappa shape index (κ3) is 4.48. The Morgan fingerprint density at radius 3 is 2.82 bits per heavy atom. The molecule has 0 saturated heterocycles. The van der Waals surface area contributed by atoms with Gasteiger partial charge in [-0.2, -0.15) is 11.8 Å². The number of hydrogen-bond donors (Lipinski definition) is 2. The number of aliphatic hydroxyl groups excluding tert-OH is 1. The third-order valence-electron chi connectivity index (χ3n) is 2.49. The van der Waals surface area contributed by atoms with Gasteiger partial charge in [-0.25, -0.2) is 0 Å². The van der Waals surface area contributed by atoms with E-state index in [0.717, 1.165) is 3.57 Å². The largest absolute Gasteiger partial charge is 0.395 e. The summed E-state index contributed by atoms with van der Waals surface area (Å²) < 4.78 is 1.03. The van der Waals surface area contributed by atoms with Crippen LogP contribution in [0.3, 0.4) is 0 Å². The second-order valence-electron chi connectivity index (χ2n) is 3.73. The van der Waals surface area contributed by atoms with Gasteiger partial charge in [0, 0.05) is 20.4 Å². The van der Waals surface area contributed by atoms with Gasteiger partial charge in [0.25, 0.3) is 5.91 Å². The smallest absolute Gasteiger partial charge is 0.251 e. The molecule has 3 nitrogen and oxygen atoms in total. The molecule has 0 unspecified atom stereocenters. The molecule has 1 aromatic rings. The first-order chi connectivity index (χ1) is 8.08. The number of rotatable bonds is 5. The summed E-state index contributed by atoms with van der Waals surface area (Å²) >= 11 is 3.73. The van der Waals surface area contributed by atoms with E-state index < -0.39 is 0 Å². The van der Waals surface area contributed by atoms with Gasteiger partial charge in [0.15, 0.2) is 0 Å². The van der Waals surface area contributed by atoms with Crippen LogP contribution in [0.2, 0.25) is 0 Å². The minimum atomic E-state index is -0.0940. The summed E-state index contributed by atoms with van der Waals surface area (Å²) in [5.41, 5.74) is 0.654. The van der Waals surface area contributed by atoms with Crippen molar-refractivity contribution in [1.29, 1.82) is 0 Å². The van der Waals surface area contributed by atoms with Crippen LogP contribution in [-0.4, -0.2) is 35.2 Å². The van der Waals surface area contributed by atoms with Crippen molar-refractivity contribution in [3.05, 3.63) is 33.4 Å². The monoisotopic (exact) mass is 365 g/mol. The molecule has 0 aliphatic heterocycles. The summed E-state index contributed by atoms with van der Waals surface area (Å²) in [6, 6.07) is 7.38. The molecule has 0 aromatic heterocycles. The Morgan fingerprint density at radius 2 is 2.29 bits per heavy atom. The molecule has 2 atom stereocenters. The highest BCUT2D eigenvalue weighted by Crippen LogP contribution is 2.12. The fraction of sp³-hybridized carbons (Fsp3) is 0.417. The minimum Gasteiger partial charge on any atom is -0.395 e. The molecule has 94 valence electrons. The molecule has 5 heteroatoms. The van der Waals surface area contributed by atoms with Gasteiger partial charge in [-0.05, 0) is 54.0 Å². The van der Waals surface area contributed by atoms with E-state index in [1.807, 2.05) is 31.4 Å². The molecule has 2 N–H and O–H groups in total. The van der Waals surface area contributed by atoms with Crippen LogP contribution in [0, 0.1) is 3.57 Å². The maximum atomic E-state index is 11.9. The van der Waals surface area contributed by atoms with Gasteiger partial charge in [-0.3, -0.25) is 4.79 Å². The summed E-state index contributed by atoms with van der Waals surface area (Å²) in [6.07, 6.45) is 1.93. The van der Waals surface area contributed by atoms with E-state index in [9.17, 15) is 4.79 Å². The number of carbonyl (C=O) groups is 1. The summed E-state index contributed by atoms with van der Waals surface area (Å²) in [6.45, 7) is 1.97. The normalized spacial score (nSPS) is 14.1. The maximum Gasteiger partial charge on any atom is 0.251 e. The average molecular weight is 365 g/mol. The number of amides is 1. The lowest BCUT2D eigenvalue weighted by Gasteiger charge is -2.21. The topological polar surface area (TPSA) is 49.3 Å². The highest BCUT2D eigenvalue weighted by molar-refractivity contribution is 14.1. The zero-order valence-corrected chi connectivity index (χ0v) is 12.8. The Morgan fingerprint density at radius 1 is 1.59 bits per heavy atom. The minimum absolute atomic E-state index is 0.0294. The Labute approximate surface area is 120 Å². The second kappa shape index (κ2) is 7.23. The van der Waals surface area contributed by atoms with Gasteiger partial charge in [-0.1, -0.05) is 6.07 Å². The highest BCUT2D eigenvalue weighted by atomic mass is 127. The summed E-state index contributed by atoms with van der Waals surface area (Å²) in [4.78, 5) is 11.9. The highest BCUT2D eigenvalue weighted by Gasteiger charge is 2.18. The first kappa shape index (κ1) is 14.8. The van der Waals surface area contributed by atoms with Crippen LogP contribution in [-0.2, 0) is 0 Å². The zero-order valence-electron chi connectivity index (χ0n) is 9.81. The van der Waals surface area contributed by atoms with Crippen LogP contribution < -0.4 is 5.32 Å². The first-order valence-corrected chi connectivity index (χ1v) is 7.65. The van der Waals surface area contributed by atoms with Crippen molar-refractivity contribution in [1.82, 2.24) is 5.32 Å². The summed E-state index contributed by atoms with van der Waals surface area (Å²) in [5.74, 6) is -0.0940. The van der Waals surface area contributed by atoms with Crippen molar-refractivity contribution in [2.75, 3.05) is 12.9 Å². The van der Waals surface area contributed by atoms with Crippen molar-refractivity contribution < 1.29 is 9.90 Å². The standard InChI is InChI=1S/C12H16INO2S/c1-8(11(7-15)17-2)14-12(16)9-4-3-5-10(13)6-9/h3-6,8,11,15H,7H2,1-2H3,(H,14,16)/t8-,11-/m1/s1. The van der Waals surface area contributed by atoms with Gasteiger partial charge < -0.3 is 10.4 Å². The molecule has 0 bridgehead atoms. The van der Waals surface area contributed by atoms with E-state index in [4.69, 9.17) is 5.11 Å². The maximum absolute atomic E-state index is 11.9. The Balaban J connectivity index is 2.66. The summed E-state index contributed by atoms with van der Waals surface area (Å²) in [7, 11) is 0. The van der Waals surface area contributed by atoms with E-state index in [1.54, 1.807) is 17.8 Å². The van der Waals surface area contributed by atoms with Gasteiger partial charge in [0.2, 0.25) is 0 Å². The van der Waals surface area contributed by atoms with E-state index in [2.05, 4.69) is 27.9 Å². The molecular weight excluding hydrogens is 349 g/mol. The van der Waals surface area contributed by atoms with Crippen molar-refractivity contribution in [3.63, 3.8) is 0 Å². The Hall–Kier alpha value is -0.270.